The second-order valence-electron chi connectivity index (χ2n) is 7.12. The van der Waals surface area contributed by atoms with Crippen molar-refractivity contribution in [3.05, 3.63) is 17.7 Å². The van der Waals surface area contributed by atoms with E-state index in [0.29, 0.717) is 36.4 Å². The zero-order chi connectivity index (χ0) is 19.1. The first kappa shape index (κ1) is 20.4. The van der Waals surface area contributed by atoms with E-state index in [2.05, 4.69) is 17.1 Å². The number of methoxy groups -OCH3 is 3. The van der Waals surface area contributed by atoms with Gasteiger partial charge in [-0.15, -0.1) is 0 Å². The van der Waals surface area contributed by atoms with Crippen LogP contribution in [0.1, 0.15) is 38.2 Å². The van der Waals surface area contributed by atoms with E-state index in [1.165, 1.54) is 25.7 Å². The Kier molecular flexibility index (Phi) is 7.57. The molecule has 0 unspecified atom stereocenters. The fraction of sp³-hybridized carbons (Fsp3) is 0.650. The summed E-state index contributed by atoms with van der Waals surface area (Å²) >= 11 is 0. The van der Waals surface area contributed by atoms with Gasteiger partial charge in [-0.3, -0.25) is 9.69 Å². The van der Waals surface area contributed by atoms with Crippen molar-refractivity contribution in [2.45, 2.75) is 45.2 Å². The van der Waals surface area contributed by atoms with Gasteiger partial charge in [0.2, 0.25) is 5.91 Å². The Morgan fingerprint density at radius 1 is 1.04 bits per heavy atom. The molecule has 26 heavy (non-hydrogen) atoms. The van der Waals surface area contributed by atoms with Crippen LogP contribution in [0.15, 0.2) is 12.1 Å². The topological polar surface area (TPSA) is 60.0 Å². The number of ether oxygens (including phenoxy) is 3. The predicted octanol–water partition coefficient (Wildman–Crippen LogP) is 2.84. The third-order valence-electron chi connectivity index (χ3n) is 5.26. The molecule has 1 saturated carbocycles. The van der Waals surface area contributed by atoms with Crippen molar-refractivity contribution in [2.75, 3.05) is 34.9 Å². The molecule has 1 fully saturated rings. The van der Waals surface area contributed by atoms with Gasteiger partial charge in [-0.05, 0) is 44.7 Å². The maximum Gasteiger partial charge on any atom is 0.234 e. The summed E-state index contributed by atoms with van der Waals surface area (Å²) in [5.41, 5.74) is 0.854. The van der Waals surface area contributed by atoms with Crippen molar-refractivity contribution >= 4 is 5.91 Å². The second kappa shape index (κ2) is 9.67. The van der Waals surface area contributed by atoms with Crippen molar-refractivity contribution in [1.82, 2.24) is 10.2 Å². The zero-order valence-corrected chi connectivity index (χ0v) is 16.6. The molecule has 1 aromatic carbocycles. The van der Waals surface area contributed by atoms with Crippen molar-refractivity contribution in [3.63, 3.8) is 0 Å². The number of benzene rings is 1. The lowest BCUT2D eigenvalue weighted by atomic mass is 9.87. The standard InChI is InChI=1S/C20H32N2O4/c1-14-6-8-16(9-7-14)22(2)13-20(23)21-12-15-10-18(25-4)19(26-5)11-17(15)24-3/h10-11,14,16H,6-9,12-13H2,1-5H3,(H,21,23). The number of carbonyl (C=O) groups is 1. The summed E-state index contributed by atoms with van der Waals surface area (Å²) in [7, 11) is 6.81. The molecule has 6 nitrogen and oxygen atoms in total. The Balaban J connectivity index is 1.92. The molecule has 1 aromatic rings. The Labute approximate surface area is 156 Å². The smallest absolute Gasteiger partial charge is 0.234 e. The molecule has 2 rings (SSSR count). The molecule has 0 atom stereocenters. The fourth-order valence-corrected chi connectivity index (χ4v) is 3.52. The minimum absolute atomic E-state index is 0.0166. The van der Waals surface area contributed by atoms with Gasteiger partial charge >= 0.3 is 0 Å². The van der Waals surface area contributed by atoms with Crippen molar-refractivity contribution in [1.29, 1.82) is 0 Å². The van der Waals surface area contributed by atoms with E-state index in [4.69, 9.17) is 14.2 Å². The number of rotatable bonds is 8. The van der Waals surface area contributed by atoms with Crippen LogP contribution in [0.2, 0.25) is 0 Å². The number of nitrogens with one attached hydrogen (secondary N) is 1. The van der Waals surface area contributed by atoms with Crippen LogP contribution < -0.4 is 19.5 Å². The molecule has 6 heteroatoms. The average molecular weight is 364 g/mol. The van der Waals surface area contributed by atoms with Gasteiger partial charge in [0.25, 0.3) is 0 Å². The van der Waals surface area contributed by atoms with Gasteiger partial charge in [0.05, 0.1) is 27.9 Å². The predicted molar refractivity (Wildman–Crippen MR) is 102 cm³/mol. The van der Waals surface area contributed by atoms with Gasteiger partial charge in [0.1, 0.15) is 5.75 Å². The molecule has 0 saturated heterocycles. The normalized spacial score (nSPS) is 19.9. The molecule has 0 bridgehead atoms. The van der Waals surface area contributed by atoms with E-state index < -0.39 is 0 Å². The van der Waals surface area contributed by atoms with Crippen LogP contribution >= 0.6 is 0 Å². The Bertz CT molecular complexity index is 598. The minimum atomic E-state index is 0.0166. The molecule has 0 heterocycles. The highest BCUT2D eigenvalue weighted by atomic mass is 16.5. The van der Waals surface area contributed by atoms with E-state index in [0.717, 1.165) is 11.5 Å². The van der Waals surface area contributed by atoms with E-state index in [1.807, 2.05) is 13.1 Å². The molecule has 146 valence electrons. The molecule has 0 spiro atoms. The SMILES string of the molecule is COc1cc(OC)c(OC)cc1CNC(=O)CN(C)C1CCC(C)CC1. The lowest BCUT2D eigenvalue weighted by Crippen LogP contribution is -2.41. The molecule has 0 aromatic heterocycles. The summed E-state index contributed by atoms with van der Waals surface area (Å²) in [6, 6.07) is 4.12. The van der Waals surface area contributed by atoms with Crippen LogP contribution in [0.3, 0.4) is 0 Å². The Hall–Kier alpha value is -1.95. The Morgan fingerprint density at radius 2 is 1.62 bits per heavy atom. The first-order valence-electron chi connectivity index (χ1n) is 9.24. The van der Waals surface area contributed by atoms with E-state index in [9.17, 15) is 4.79 Å². The first-order chi connectivity index (χ1) is 12.5. The average Bonchev–Trinajstić information content (AvgIpc) is 2.65. The third-order valence-corrected chi connectivity index (χ3v) is 5.26. The highest BCUT2D eigenvalue weighted by molar-refractivity contribution is 5.78. The number of nitrogens with zero attached hydrogens (tertiary/aromatic N) is 1. The number of carbonyl (C=O) groups excluding carboxylic acids is 1. The van der Waals surface area contributed by atoms with Crippen molar-refractivity contribution in [2.24, 2.45) is 5.92 Å². The van der Waals surface area contributed by atoms with E-state index in [-0.39, 0.29) is 5.91 Å². The summed E-state index contributed by atoms with van der Waals surface area (Å²) in [6.07, 6.45) is 4.85. The fourth-order valence-electron chi connectivity index (χ4n) is 3.52. The van der Waals surface area contributed by atoms with Gasteiger partial charge in [0.15, 0.2) is 11.5 Å². The summed E-state index contributed by atoms with van der Waals surface area (Å²) in [5, 5.41) is 2.98. The molecule has 0 radical (unpaired) electrons. The quantitative estimate of drug-likeness (QED) is 0.769. The van der Waals surface area contributed by atoms with Crippen LogP contribution in [0.5, 0.6) is 17.2 Å². The number of likely N-dealkylation sites (N-methyl/N-ethyl adjacent to an activating group) is 1. The number of hydrogen-bond donors (Lipinski definition) is 1. The molecular formula is C20H32N2O4. The van der Waals surface area contributed by atoms with Crippen molar-refractivity contribution < 1.29 is 19.0 Å². The highest BCUT2D eigenvalue weighted by Gasteiger charge is 2.23. The van der Waals surface area contributed by atoms with Crippen LogP contribution in [0.4, 0.5) is 0 Å². The molecule has 1 aliphatic carbocycles. The maximum atomic E-state index is 12.4. The minimum Gasteiger partial charge on any atom is -0.496 e. The molecule has 1 amide bonds. The molecule has 0 aliphatic heterocycles. The lowest BCUT2D eigenvalue weighted by molar-refractivity contribution is -0.122. The van der Waals surface area contributed by atoms with Crippen LogP contribution in [0.25, 0.3) is 0 Å². The number of amides is 1. The van der Waals surface area contributed by atoms with Gasteiger partial charge in [-0.2, -0.15) is 0 Å². The zero-order valence-electron chi connectivity index (χ0n) is 16.6. The van der Waals surface area contributed by atoms with Crippen LogP contribution in [-0.4, -0.2) is 51.8 Å². The monoisotopic (exact) mass is 364 g/mol. The van der Waals surface area contributed by atoms with Gasteiger partial charge < -0.3 is 19.5 Å². The largest absolute Gasteiger partial charge is 0.496 e. The van der Waals surface area contributed by atoms with Crippen molar-refractivity contribution in [3.8, 4) is 17.2 Å². The third kappa shape index (κ3) is 5.27. The van der Waals surface area contributed by atoms with Crippen LogP contribution in [0, 0.1) is 5.92 Å². The van der Waals surface area contributed by atoms with E-state index >= 15 is 0 Å². The highest BCUT2D eigenvalue weighted by Crippen LogP contribution is 2.34. The summed E-state index contributed by atoms with van der Waals surface area (Å²) < 4.78 is 16.0. The maximum absolute atomic E-state index is 12.4. The van der Waals surface area contributed by atoms with Crippen LogP contribution in [-0.2, 0) is 11.3 Å². The van der Waals surface area contributed by atoms with E-state index in [1.54, 1.807) is 27.4 Å². The van der Waals surface area contributed by atoms with Gasteiger partial charge in [0, 0.05) is 24.2 Å². The molecule has 1 N–H and O–H groups in total. The van der Waals surface area contributed by atoms with Gasteiger partial charge in [-0.1, -0.05) is 6.92 Å². The summed E-state index contributed by atoms with van der Waals surface area (Å²) in [4.78, 5) is 14.5. The first-order valence-corrected chi connectivity index (χ1v) is 9.24. The molecular weight excluding hydrogens is 332 g/mol. The second-order valence-corrected chi connectivity index (χ2v) is 7.12. The van der Waals surface area contributed by atoms with Gasteiger partial charge in [-0.25, -0.2) is 0 Å². The number of hydrogen-bond acceptors (Lipinski definition) is 5. The summed E-state index contributed by atoms with van der Waals surface area (Å²) in [5.74, 6) is 2.71. The molecule has 1 aliphatic rings. The summed E-state index contributed by atoms with van der Waals surface area (Å²) in [6.45, 7) is 3.10. The Morgan fingerprint density at radius 3 is 2.19 bits per heavy atom. The lowest BCUT2D eigenvalue weighted by Gasteiger charge is -2.33.